The molecular formula is C11H9ClN4. The van der Waals surface area contributed by atoms with Crippen LogP contribution < -0.4 is 0 Å². The number of rotatable bonds is 0. The van der Waals surface area contributed by atoms with Crippen molar-refractivity contribution in [3.8, 4) is 0 Å². The van der Waals surface area contributed by atoms with Crippen molar-refractivity contribution in [2.24, 2.45) is 0 Å². The fourth-order valence-corrected chi connectivity index (χ4v) is 1.26. The average molecular weight is 233 g/mol. The summed E-state index contributed by atoms with van der Waals surface area (Å²) in [6, 6.07) is 9.66. The number of aromatic nitrogens is 4. The van der Waals surface area contributed by atoms with E-state index in [2.05, 4.69) is 15.1 Å². The maximum absolute atomic E-state index is 5.32. The lowest BCUT2D eigenvalue weighted by Gasteiger charge is -1.86. The van der Waals surface area contributed by atoms with E-state index in [4.69, 9.17) is 11.6 Å². The quantitative estimate of drug-likeness (QED) is 0.559. The molecule has 3 aromatic rings. The Morgan fingerprint density at radius 1 is 0.938 bits per heavy atom. The first-order valence-electron chi connectivity index (χ1n) is 4.67. The topological polar surface area (TPSA) is 43.1 Å². The lowest BCUT2D eigenvalue weighted by molar-refractivity contribution is 0.961. The number of halogens is 1. The Morgan fingerprint density at radius 3 is 2.38 bits per heavy atom. The molecule has 80 valence electrons. The standard InChI is InChI=1S/C7H6N2.C4H3ClN2/c1-2-6-9-7(3-1)4-5-8-9;5-4-6-2-1-3-7-4/h1-6H;1-3H. The molecule has 0 amide bonds. The van der Waals surface area contributed by atoms with Gasteiger partial charge in [0.1, 0.15) is 0 Å². The van der Waals surface area contributed by atoms with Crippen molar-refractivity contribution < 1.29 is 0 Å². The second-order valence-corrected chi connectivity index (χ2v) is 3.26. The zero-order valence-corrected chi connectivity index (χ0v) is 9.12. The molecule has 5 heteroatoms. The third-order valence-corrected chi connectivity index (χ3v) is 2.04. The molecule has 0 saturated carbocycles. The molecule has 4 nitrogen and oxygen atoms in total. The summed E-state index contributed by atoms with van der Waals surface area (Å²) in [4.78, 5) is 7.27. The first kappa shape index (κ1) is 10.6. The Labute approximate surface area is 97.5 Å². The highest BCUT2D eigenvalue weighted by molar-refractivity contribution is 6.28. The average Bonchev–Trinajstić information content (AvgIpc) is 2.79. The smallest absolute Gasteiger partial charge is 0.222 e. The number of fused-ring (bicyclic) bond motifs is 1. The van der Waals surface area contributed by atoms with E-state index in [1.165, 1.54) is 0 Å². The molecule has 0 fully saturated rings. The molecule has 0 spiro atoms. The summed E-state index contributed by atoms with van der Waals surface area (Å²) in [7, 11) is 0. The Hall–Kier alpha value is -1.94. The molecule has 3 rings (SSSR count). The number of hydrogen-bond donors (Lipinski definition) is 0. The third kappa shape index (κ3) is 2.77. The fraction of sp³-hybridized carbons (Fsp3) is 0. The van der Waals surface area contributed by atoms with Crippen LogP contribution in [0.4, 0.5) is 0 Å². The zero-order chi connectivity index (χ0) is 11.2. The van der Waals surface area contributed by atoms with Gasteiger partial charge in [-0.15, -0.1) is 0 Å². The molecular weight excluding hydrogens is 224 g/mol. The molecule has 0 radical (unpaired) electrons. The van der Waals surface area contributed by atoms with Crippen LogP contribution in [-0.2, 0) is 0 Å². The van der Waals surface area contributed by atoms with Gasteiger partial charge in [-0.05, 0) is 35.9 Å². The van der Waals surface area contributed by atoms with Crippen LogP contribution in [0.5, 0.6) is 0 Å². The van der Waals surface area contributed by atoms with Gasteiger partial charge in [0.15, 0.2) is 0 Å². The molecule has 0 aromatic carbocycles. The van der Waals surface area contributed by atoms with Crippen LogP contribution in [-0.4, -0.2) is 19.6 Å². The maximum atomic E-state index is 5.32. The van der Waals surface area contributed by atoms with Gasteiger partial charge in [-0.1, -0.05) is 6.07 Å². The SMILES string of the molecule is Clc1ncccn1.c1ccn2nccc2c1. The summed E-state index contributed by atoms with van der Waals surface area (Å²) in [5.41, 5.74) is 1.14. The summed E-state index contributed by atoms with van der Waals surface area (Å²) in [6.07, 6.45) is 6.90. The van der Waals surface area contributed by atoms with Crippen molar-refractivity contribution in [3.05, 3.63) is 60.4 Å². The van der Waals surface area contributed by atoms with Gasteiger partial charge in [-0.25, -0.2) is 14.5 Å². The van der Waals surface area contributed by atoms with Crippen molar-refractivity contribution in [2.45, 2.75) is 0 Å². The third-order valence-electron chi connectivity index (χ3n) is 1.84. The molecule has 0 atom stereocenters. The lowest BCUT2D eigenvalue weighted by Crippen LogP contribution is -1.81. The molecule has 0 saturated heterocycles. The Bertz CT molecular complexity index is 520. The highest BCUT2D eigenvalue weighted by atomic mass is 35.5. The summed E-state index contributed by atoms with van der Waals surface area (Å²) in [6.45, 7) is 0. The molecule has 16 heavy (non-hydrogen) atoms. The molecule has 0 aliphatic heterocycles. The van der Waals surface area contributed by atoms with E-state index < -0.39 is 0 Å². The normalized spacial score (nSPS) is 9.56. The molecule has 0 aliphatic carbocycles. The largest absolute Gasteiger partial charge is 0.241 e. The van der Waals surface area contributed by atoms with Gasteiger partial charge in [0, 0.05) is 24.8 Å². The maximum Gasteiger partial charge on any atom is 0.222 e. The number of hydrogen-bond acceptors (Lipinski definition) is 3. The van der Waals surface area contributed by atoms with E-state index >= 15 is 0 Å². The monoisotopic (exact) mass is 232 g/mol. The number of nitrogens with zero attached hydrogens (tertiary/aromatic N) is 4. The second kappa shape index (κ2) is 5.23. The van der Waals surface area contributed by atoms with Gasteiger partial charge < -0.3 is 0 Å². The van der Waals surface area contributed by atoms with E-state index in [1.54, 1.807) is 24.7 Å². The predicted octanol–water partition coefficient (Wildman–Crippen LogP) is 2.46. The lowest BCUT2D eigenvalue weighted by atomic mass is 10.4. The van der Waals surface area contributed by atoms with Crippen LogP contribution >= 0.6 is 11.6 Å². The number of pyridine rings is 1. The minimum atomic E-state index is 0.294. The van der Waals surface area contributed by atoms with E-state index in [0.29, 0.717) is 5.28 Å². The highest BCUT2D eigenvalue weighted by Crippen LogP contribution is 1.98. The Kier molecular flexibility index (Phi) is 3.46. The van der Waals surface area contributed by atoms with E-state index in [0.717, 1.165) is 5.52 Å². The molecule has 3 aromatic heterocycles. The van der Waals surface area contributed by atoms with Gasteiger partial charge in [0.2, 0.25) is 5.28 Å². The van der Waals surface area contributed by atoms with Crippen molar-refractivity contribution in [1.82, 2.24) is 19.6 Å². The molecule has 3 heterocycles. The second-order valence-electron chi connectivity index (χ2n) is 2.92. The molecule has 0 aliphatic rings. The first-order valence-corrected chi connectivity index (χ1v) is 5.05. The Morgan fingerprint density at radius 2 is 1.75 bits per heavy atom. The van der Waals surface area contributed by atoms with Gasteiger partial charge in [-0.2, -0.15) is 5.10 Å². The fourth-order valence-electron chi connectivity index (χ4n) is 1.15. The van der Waals surface area contributed by atoms with Crippen LogP contribution in [0.25, 0.3) is 5.52 Å². The van der Waals surface area contributed by atoms with Gasteiger partial charge in [0.25, 0.3) is 0 Å². The van der Waals surface area contributed by atoms with Crippen LogP contribution in [0.1, 0.15) is 0 Å². The zero-order valence-electron chi connectivity index (χ0n) is 8.36. The first-order chi connectivity index (χ1) is 7.86. The van der Waals surface area contributed by atoms with Crippen molar-refractivity contribution in [3.63, 3.8) is 0 Å². The highest BCUT2D eigenvalue weighted by Gasteiger charge is 1.85. The predicted molar refractivity (Wildman–Crippen MR) is 62.2 cm³/mol. The molecule has 0 N–H and O–H groups in total. The summed E-state index contributed by atoms with van der Waals surface area (Å²) in [5, 5.41) is 4.33. The van der Waals surface area contributed by atoms with Crippen LogP contribution in [0.3, 0.4) is 0 Å². The minimum absolute atomic E-state index is 0.294. The molecule has 0 bridgehead atoms. The van der Waals surface area contributed by atoms with Crippen LogP contribution in [0.15, 0.2) is 55.1 Å². The van der Waals surface area contributed by atoms with Crippen LogP contribution in [0.2, 0.25) is 5.28 Å². The van der Waals surface area contributed by atoms with Crippen molar-refractivity contribution >= 4 is 17.1 Å². The van der Waals surface area contributed by atoms with Gasteiger partial charge in [-0.3, -0.25) is 0 Å². The van der Waals surface area contributed by atoms with E-state index in [9.17, 15) is 0 Å². The van der Waals surface area contributed by atoms with E-state index in [1.807, 2.05) is 35.0 Å². The van der Waals surface area contributed by atoms with Crippen LogP contribution in [0, 0.1) is 0 Å². The van der Waals surface area contributed by atoms with Gasteiger partial charge >= 0.3 is 0 Å². The van der Waals surface area contributed by atoms with Gasteiger partial charge in [0.05, 0.1) is 5.52 Å². The summed E-state index contributed by atoms with van der Waals surface area (Å²) < 4.78 is 1.83. The van der Waals surface area contributed by atoms with Crippen molar-refractivity contribution in [1.29, 1.82) is 0 Å². The van der Waals surface area contributed by atoms with E-state index in [-0.39, 0.29) is 0 Å². The minimum Gasteiger partial charge on any atom is -0.241 e. The Balaban J connectivity index is 0.000000125. The summed E-state index contributed by atoms with van der Waals surface area (Å²) >= 11 is 5.32. The molecule has 0 unspecified atom stereocenters. The van der Waals surface area contributed by atoms with Crippen molar-refractivity contribution in [2.75, 3.05) is 0 Å². The summed E-state index contributed by atoms with van der Waals surface area (Å²) in [5.74, 6) is 0.